The van der Waals surface area contributed by atoms with Crippen LogP contribution in [0.1, 0.15) is 85.0 Å². The zero-order valence-electron chi connectivity index (χ0n) is 13.4. The van der Waals surface area contributed by atoms with Gasteiger partial charge in [-0.3, -0.25) is 0 Å². The largest absolute Gasteiger partial charge is 0.396 e. The van der Waals surface area contributed by atoms with Crippen molar-refractivity contribution in [3.63, 3.8) is 0 Å². The molecule has 2 fully saturated rings. The van der Waals surface area contributed by atoms with E-state index in [0.717, 1.165) is 0 Å². The smallest absolute Gasteiger partial charge is 0.0540 e. The maximum absolute atomic E-state index is 9.18. The maximum Gasteiger partial charge on any atom is 0.0540 e. The van der Waals surface area contributed by atoms with E-state index in [2.05, 4.69) is 0 Å². The van der Waals surface area contributed by atoms with Gasteiger partial charge in [0.15, 0.2) is 0 Å². The quantitative estimate of drug-likeness (QED) is 0.775. The molecule has 0 aromatic carbocycles. The minimum atomic E-state index is -0.0645. The third-order valence-electron chi connectivity index (χ3n) is 4.31. The summed E-state index contributed by atoms with van der Waals surface area (Å²) in [6.45, 7) is 6.33. The van der Waals surface area contributed by atoms with E-state index >= 15 is 0 Å². The summed E-state index contributed by atoms with van der Waals surface area (Å²) in [5, 5.41) is 17.9. The van der Waals surface area contributed by atoms with Crippen molar-refractivity contribution < 1.29 is 10.2 Å². The van der Waals surface area contributed by atoms with Gasteiger partial charge in [-0.15, -0.1) is 0 Å². The van der Waals surface area contributed by atoms with Crippen LogP contribution in [-0.2, 0) is 0 Å². The fraction of sp³-hybridized carbons (Fsp3) is 1.00. The summed E-state index contributed by atoms with van der Waals surface area (Å²) in [4.78, 5) is 0. The molecule has 2 rings (SSSR count). The van der Waals surface area contributed by atoms with Crippen LogP contribution in [0.5, 0.6) is 0 Å². The number of rotatable bonds is 2. The second-order valence-electron chi connectivity index (χ2n) is 5.83. The average Bonchev–Trinajstić information content (AvgIpc) is 2.51. The van der Waals surface area contributed by atoms with E-state index in [-0.39, 0.29) is 6.10 Å². The molecule has 116 valence electrons. The van der Waals surface area contributed by atoms with Crippen LogP contribution >= 0.6 is 0 Å². The van der Waals surface area contributed by atoms with Crippen molar-refractivity contribution in [3.05, 3.63) is 0 Å². The van der Waals surface area contributed by atoms with E-state index in [9.17, 15) is 5.11 Å². The first-order valence-electron chi connectivity index (χ1n) is 8.53. The van der Waals surface area contributed by atoms with Crippen molar-refractivity contribution in [2.75, 3.05) is 6.61 Å². The third-order valence-corrected chi connectivity index (χ3v) is 4.31. The number of hydrogen-bond acceptors (Lipinski definition) is 2. The fourth-order valence-corrected chi connectivity index (χ4v) is 2.99. The normalized spacial score (nSPS) is 22.6. The Balaban J connectivity index is 0.000000303. The van der Waals surface area contributed by atoms with Crippen LogP contribution in [-0.4, -0.2) is 22.9 Å². The molecule has 0 aromatic heterocycles. The van der Waals surface area contributed by atoms with E-state index in [0.29, 0.717) is 18.4 Å². The Labute approximate surface area is 120 Å². The summed E-state index contributed by atoms with van der Waals surface area (Å²) >= 11 is 0. The molecule has 0 bridgehead atoms. The van der Waals surface area contributed by atoms with Crippen LogP contribution in [0.3, 0.4) is 0 Å². The Hall–Kier alpha value is -0.0800. The second-order valence-corrected chi connectivity index (χ2v) is 5.83. The van der Waals surface area contributed by atoms with Crippen molar-refractivity contribution in [1.82, 2.24) is 0 Å². The number of aliphatic hydroxyl groups excluding tert-OH is 2. The van der Waals surface area contributed by atoms with Gasteiger partial charge in [-0.25, -0.2) is 0 Å². The molecule has 0 aliphatic heterocycles. The first-order valence-corrected chi connectivity index (χ1v) is 8.53. The van der Waals surface area contributed by atoms with E-state index in [1.165, 1.54) is 64.2 Å². The molecule has 0 spiro atoms. The Morgan fingerprint density at radius 1 is 0.842 bits per heavy atom. The van der Waals surface area contributed by atoms with Gasteiger partial charge >= 0.3 is 0 Å². The lowest BCUT2D eigenvalue weighted by Gasteiger charge is -2.23. The molecule has 2 saturated carbocycles. The Kier molecular flexibility index (Phi) is 12.9. The van der Waals surface area contributed by atoms with Crippen molar-refractivity contribution in [1.29, 1.82) is 0 Å². The van der Waals surface area contributed by atoms with Gasteiger partial charge in [0.25, 0.3) is 0 Å². The number of hydrogen-bond donors (Lipinski definition) is 2. The van der Waals surface area contributed by atoms with E-state index in [4.69, 9.17) is 5.11 Å². The van der Waals surface area contributed by atoms with Gasteiger partial charge in [0.2, 0.25) is 0 Å². The van der Waals surface area contributed by atoms with Crippen molar-refractivity contribution in [2.45, 2.75) is 91.1 Å². The van der Waals surface area contributed by atoms with Crippen LogP contribution in [0.2, 0.25) is 0 Å². The first-order chi connectivity index (χ1) is 9.24. The minimum absolute atomic E-state index is 0.0645. The minimum Gasteiger partial charge on any atom is -0.396 e. The maximum atomic E-state index is 9.18. The molecule has 0 radical (unpaired) electrons. The summed E-state index contributed by atoms with van der Waals surface area (Å²) in [6, 6.07) is 0. The average molecular weight is 272 g/mol. The van der Waals surface area contributed by atoms with Gasteiger partial charge in [0.05, 0.1) is 6.10 Å². The predicted molar refractivity (Wildman–Crippen MR) is 83.3 cm³/mol. The molecule has 0 heterocycles. The van der Waals surface area contributed by atoms with Gasteiger partial charge in [-0.2, -0.15) is 0 Å². The predicted octanol–water partition coefficient (Wildman–Crippen LogP) is 4.53. The number of aliphatic hydroxyl groups is 2. The van der Waals surface area contributed by atoms with Crippen LogP contribution in [0.25, 0.3) is 0 Å². The highest BCUT2D eigenvalue weighted by Gasteiger charge is 2.17. The Morgan fingerprint density at radius 2 is 1.26 bits per heavy atom. The molecule has 0 amide bonds. The molecule has 2 nitrogen and oxygen atoms in total. The summed E-state index contributed by atoms with van der Waals surface area (Å²) in [6.07, 6.45) is 13.1. The molecule has 19 heavy (non-hydrogen) atoms. The van der Waals surface area contributed by atoms with Gasteiger partial charge in [-0.1, -0.05) is 52.4 Å². The van der Waals surface area contributed by atoms with Crippen LogP contribution < -0.4 is 0 Å². The molecule has 0 saturated heterocycles. The molecule has 1 unspecified atom stereocenters. The highest BCUT2D eigenvalue weighted by atomic mass is 16.3. The van der Waals surface area contributed by atoms with Crippen LogP contribution in [0.15, 0.2) is 0 Å². The van der Waals surface area contributed by atoms with E-state index < -0.39 is 0 Å². The highest BCUT2D eigenvalue weighted by molar-refractivity contribution is 4.69. The van der Waals surface area contributed by atoms with Gasteiger partial charge in [0.1, 0.15) is 0 Å². The summed E-state index contributed by atoms with van der Waals surface area (Å²) in [5.74, 6) is 1.25. The monoisotopic (exact) mass is 272 g/mol. The van der Waals surface area contributed by atoms with Gasteiger partial charge < -0.3 is 10.2 Å². The van der Waals surface area contributed by atoms with Crippen LogP contribution in [0.4, 0.5) is 0 Å². The summed E-state index contributed by atoms with van der Waals surface area (Å²) < 4.78 is 0. The second kappa shape index (κ2) is 12.9. The van der Waals surface area contributed by atoms with E-state index in [1.807, 2.05) is 20.8 Å². The summed E-state index contributed by atoms with van der Waals surface area (Å²) in [7, 11) is 0. The molecule has 2 aliphatic carbocycles. The lowest BCUT2D eigenvalue weighted by Crippen LogP contribution is -2.19. The molecule has 0 aromatic rings. The lowest BCUT2D eigenvalue weighted by molar-refractivity contribution is 0.101. The van der Waals surface area contributed by atoms with Gasteiger partial charge in [0, 0.05) is 6.61 Å². The van der Waals surface area contributed by atoms with Crippen LogP contribution in [0, 0.1) is 11.8 Å². The SMILES string of the molecule is CC.CC(O)C1CCCCC1.OCC1CCCCC1. The Bertz CT molecular complexity index is 168. The zero-order chi connectivity index (χ0) is 14.5. The standard InChI is InChI=1S/C8H16O.C7H14O.C2H6/c1-7(9)8-5-3-2-4-6-8;8-6-7-4-2-1-3-5-7;1-2/h7-9H,2-6H2,1H3;7-8H,1-6H2;1-2H3. The van der Waals surface area contributed by atoms with E-state index in [1.54, 1.807) is 0 Å². The zero-order valence-corrected chi connectivity index (χ0v) is 13.4. The van der Waals surface area contributed by atoms with Crippen molar-refractivity contribution in [3.8, 4) is 0 Å². The molecule has 2 heteroatoms. The van der Waals surface area contributed by atoms with Crippen molar-refractivity contribution in [2.24, 2.45) is 11.8 Å². The molecule has 2 N–H and O–H groups in total. The highest BCUT2D eigenvalue weighted by Crippen LogP contribution is 2.25. The molecule has 1 atom stereocenters. The lowest BCUT2D eigenvalue weighted by atomic mass is 9.86. The molecular formula is C17H36O2. The molecule has 2 aliphatic rings. The van der Waals surface area contributed by atoms with Crippen molar-refractivity contribution >= 4 is 0 Å². The third kappa shape index (κ3) is 9.45. The first kappa shape index (κ1) is 18.9. The fourth-order valence-electron chi connectivity index (χ4n) is 2.99. The topological polar surface area (TPSA) is 40.5 Å². The Morgan fingerprint density at radius 3 is 1.53 bits per heavy atom. The summed E-state index contributed by atoms with van der Waals surface area (Å²) in [5.41, 5.74) is 0. The van der Waals surface area contributed by atoms with Gasteiger partial charge in [-0.05, 0) is 44.4 Å². The molecular weight excluding hydrogens is 236 g/mol.